The van der Waals surface area contributed by atoms with Crippen LogP contribution >= 0.6 is 0 Å². The largest absolute Gasteiger partial charge is 0.481 e. The third kappa shape index (κ3) is 3.28. The number of carboxylic acid groups (broad SMARTS) is 1. The van der Waals surface area contributed by atoms with Gasteiger partial charge in [0.05, 0.1) is 5.41 Å². The van der Waals surface area contributed by atoms with E-state index in [0.29, 0.717) is 18.8 Å². The molecule has 19 heavy (non-hydrogen) atoms. The Morgan fingerprint density at radius 2 is 1.89 bits per heavy atom. The van der Waals surface area contributed by atoms with Gasteiger partial charge < -0.3 is 10.0 Å². The molecular formula is C15H25NO3. The van der Waals surface area contributed by atoms with Gasteiger partial charge in [-0.3, -0.25) is 9.59 Å². The first kappa shape index (κ1) is 14.4. The summed E-state index contributed by atoms with van der Waals surface area (Å²) in [6.07, 6.45) is 6.74. The second-order valence-corrected chi connectivity index (χ2v) is 6.41. The fraction of sp³-hybridized carbons (Fsp3) is 0.867. The highest BCUT2D eigenvalue weighted by atomic mass is 16.4. The van der Waals surface area contributed by atoms with Gasteiger partial charge in [-0.1, -0.05) is 26.2 Å². The van der Waals surface area contributed by atoms with Gasteiger partial charge in [0, 0.05) is 19.5 Å². The molecule has 2 fully saturated rings. The average Bonchev–Trinajstić information content (AvgIpc) is 2.39. The number of carbonyl (C=O) groups is 2. The van der Waals surface area contributed by atoms with Crippen LogP contribution in [0.2, 0.25) is 0 Å². The predicted octanol–water partition coefficient (Wildman–Crippen LogP) is 2.67. The second kappa shape index (κ2) is 5.93. The summed E-state index contributed by atoms with van der Waals surface area (Å²) in [4.78, 5) is 25.9. The number of hydrogen-bond donors (Lipinski definition) is 1. The first-order valence-corrected chi connectivity index (χ1v) is 7.55. The number of piperidine rings is 1. The van der Waals surface area contributed by atoms with E-state index < -0.39 is 11.4 Å². The highest BCUT2D eigenvalue weighted by Crippen LogP contribution is 2.40. The summed E-state index contributed by atoms with van der Waals surface area (Å²) >= 11 is 0. The molecule has 4 heteroatoms. The van der Waals surface area contributed by atoms with E-state index in [0.717, 1.165) is 38.8 Å². The fourth-order valence-corrected chi connectivity index (χ4v) is 3.51. The molecule has 1 atom stereocenters. The highest BCUT2D eigenvalue weighted by molar-refractivity contribution is 5.85. The normalized spacial score (nSPS) is 27.0. The monoisotopic (exact) mass is 267 g/mol. The topological polar surface area (TPSA) is 57.6 Å². The first-order chi connectivity index (χ1) is 9.03. The number of likely N-dealkylation sites (tertiary alicyclic amines) is 1. The van der Waals surface area contributed by atoms with Gasteiger partial charge in [-0.2, -0.15) is 0 Å². The van der Waals surface area contributed by atoms with Crippen LogP contribution in [0, 0.1) is 11.3 Å². The van der Waals surface area contributed by atoms with Crippen molar-refractivity contribution in [2.24, 2.45) is 11.3 Å². The smallest absolute Gasteiger partial charge is 0.310 e. The summed E-state index contributed by atoms with van der Waals surface area (Å²) in [6, 6.07) is 0. The van der Waals surface area contributed by atoms with Crippen LogP contribution in [0.25, 0.3) is 0 Å². The molecule has 0 radical (unpaired) electrons. The third-order valence-corrected chi connectivity index (χ3v) is 4.76. The molecule has 0 aromatic rings. The maximum Gasteiger partial charge on any atom is 0.310 e. The first-order valence-electron chi connectivity index (χ1n) is 7.55. The zero-order valence-electron chi connectivity index (χ0n) is 11.9. The van der Waals surface area contributed by atoms with Crippen LogP contribution in [0.1, 0.15) is 58.3 Å². The van der Waals surface area contributed by atoms with Crippen molar-refractivity contribution in [3.05, 3.63) is 0 Å². The molecule has 1 amide bonds. The SMILES string of the molecule is CC1CCCN(C(=O)CC2(C(=O)O)CCCCC2)C1. The van der Waals surface area contributed by atoms with Gasteiger partial charge >= 0.3 is 5.97 Å². The molecule has 1 N–H and O–H groups in total. The van der Waals surface area contributed by atoms with Crippen molar-refractivity contribution >= 4 is 11.9 Å². The Hall–Kier alpha value is -1.06. The number of rotatable bonds is 3. The van der Waals surface area contributed by atoms with Crippen LogP contribution in [0.5, 0.6) is 0 Å². The average molecular weight is 267 g/mol. The van der Waals surface area contributed by atoms with Gasteiger partial charge in [-0.05, 0) is 31.6 Å². The Balaban J connectivity index is 2.00. The molecule has 0 bridgehead atoms. The lowest BCUT2D eigenvalue weighted by Crippen LogP contribution is -2.44. The number of aliphatic carboxylic acids is 1. The highest BCUT2D eigenvalue weighted by Gasteiger charge is 2.42. The lowest BCUT2D eigenvalue weighted by atomic mass is 9.71. The molecule has 108 valence electrons. The molecule has 1 saturated heterocycles. The Kier molecular flexibility index (Phi) is 4.48. The number of amides is 1. The second-order valence-electron chi connectivity index (χ2n) is 6.41. The molecule has 1 aliphatic carbocycles. The number of nitrogens with zero attached hydrogens (tertiary/aromatic N) is 1. The molecule has 0 aromatic carbocycles. The lowest BCUT2D eigenvalue weighted by molar-refractivity contribution is -0.156. The van der Waals surface area contributed by atoms with Gasteiger partial charge in [-0.15, -0.1) is 0 Å². The van der Waals surface area contributed by atoms with Crippen molar-refractivity contribution < 1.29 is 14.7 Å². The van der Waals surface area contributed by atoms with Gasteiger partial charge in [-0.25, -0.2) is 0 Å². The number of carboxylic acids is 1. The minimum atomic E-state index is -0.782. The van der Waals surface area contributed by atoms with Crippen molar-refractivity contribution in [1.29, 1.82) is 0 Å². The van der Waals surface area contributed by atoms with Gasteiger partial charge in [0.2, 0.25) is 5.91 Å². The van der Waals surface area contributed by atoms with Crippen LogP contribution in [0.15, 0.2) is 0 Å². The third-order valence-electron chi connectivity index (χ3n) is 4.76. The number of carbonyl (C=O) groups excluding carboxylic acids is 1. The summed E-state index contributed by atoms with van der Waals surface area (Å²) in [5.74, 6) is -0.175. The van der Waals surface area contributed by atoms with E-state index >= 15 is 0 Å². The molecular weight excluding hydrogens is 242 g/mol. The minimum absolute atomic E-state index is 0.0517. The molecule has 2 aliphatic rings. The minimum Gasteiger partial charge on any atom is -0.481 e. The molecule has 1 unspecified atom stereocenters. The van der Waals surface area contributed by atoms with Crippen molar-refractivity contribution in [3.8, 4) is 0 Å². The van der Waals surface area contributed by atoms with Gasteiger partial charge in [0.25, 0.3) is 0 Å². The molecule has 2 rings (SSSR count). The van der Waals surface area contributed by atoms with E-state index in [1.165, 1.54) is 6.42 Å². The van der Waals surface area contributed by atoms with E-state index in [1.54, 1.807) is 0 Å². The van der Waals surface area contributed by atoms with E-state index in [-0.39, 0.29) is 12.3 Å². The van der Waals surface area contributed by atoms with Crippen LogP contribution in [-0.2, 0) is 9.59 Å². The summed E-state index contributed by atoms with van der Waals surface area (Å²) in [5, 5.41) is 9.52. The lowest BCUT2D eigenvalue weighted by Gasteiger charge is -2.36. The standard InChI is InChI=1S/C15H25NO3/c1-12-6-5-9-16(11-12)13(17)10-15(14(18)19)7-3-2-4-8-15/h12H,2-11H2,1H3,(H,18,19). The van der Waals surface area contributed by atoms with Crippen LogP contribution in [0.3, 0.4) is 0 Å². The molecule has 0 aromatic heterocycles. The Morgan fingerprint density at radius 3 is 2.47 bits per heavy atom. The molecule has 1 heterocycles. The van der Waals surface area contributed by atoms with Crippen molar-refractivity contribution in [2.75, 3.05) is 13.1 Å². The summed E-state index contributed by atoms with van der Waals surface area (Å²) < 4.78 is 0. The van der Waals surface area contributed by atoms with E-state index in [9.17, 15) is 14.7 Å². The number of hydrogen-bond acceptors (Lipinski definition) is 2. The Labute approximate surface area is 115 Å². The Morgan fingerprint density at radius 1 is 1.21 bits per heavy atom. The van der Waals surface area contributed by atoms with Crippen molar-refractivity contribution in [1.82, 2.24) is 4.90 Å². The quantitative estimate of drug-likeness (QED) is 0.855. The van der Waals surface area contributed by atoms with Crippen molar-refractivity contribution in [2.45, 2.75) is 58.3 Å². The van der Waals surface area contributed by atoms with Gasteiger partial charge in [0.1, 0.15) is 0 Å². The fourth-order valence-electron chi connectivity index (χ4n) is 3.51. The molecule has 0 spiro atoms. The van der Waals surface area contributed by atoms with Crippen molar-refractivity contribution in [3.63, 3.8) is 0 Å². The van der Waals surface area contributed by atoms with E-state index in [1.807, 2.05) is 4.90 Å². The maximum absolute atomic E-state index is 12.4. The summed E-state index contributed by atoms with van der Waals surface area (Å²) in [7, 11) is 0. The summed E-state index contributed by atoms with van der Waals surface area (Å²) in [6.45, 7) is 3.76. The zero-order valence-corrected chi connectivity index (χ0v) is 11.9. The molecule has 1 saturated carbocycles. The predicted molar refractivity (Wildman–Crippen MR) is 72.7 cm³/mol. The van der Waals surface area contributed by atoms with E-state index in [4.69, 9.17) is 0 Å². The Bertz CT molecular complexity index is 347. The molecule has 1 aliphatic heterocycles. The van der Waals surface area contributed by atoms with Crippen LogP contribution in [-0.4, -0.2) is 35.0 Å². The van der Waals surface area contributed by atoms with E-state index in [2.05, 4.69) is 6.92 Å². The van der Waals surface area contributed by atoms with Gasteiger partial charge in [0.15, 0.2) is 0 Å². The van der Waals surface area contributed by atoms with Crippen LogP contribution < -0.4 is 0 Å². The molecule has 4 nitrogen and oxygen atoms in total. The zero-order chi connectivity index (χ0) is 13.9. The summed E-state index contributed by atoms with van der Waals surface area (Å²) in [5.41, 5.74) is -0.782. The van der Waals surface area contributed by atoms with Crippen LogP contribution in [0.4, 0.5) is 0 Å². The maximum atomic E-state index is 12.4.